The van der Waals surface area contributed by atoms with Crippen LogP contribution in [0.2, 0.25) is 0 Å². The van der Waals surface area contributed by atoms with Crippen molar-refractivity contribution >= 4 is 16.2 Å². The van der Waals surface area contributed by atoms with Crippen molar-refractivity contribution in [1.82, 2.24) is 10.2 Å². The molecule has 1 aromatic heterocycles. The van der Waals surface area contributed by atoms with Gasteiger partial charge in [0.2, 0.25) is 0 Å². The molecule has 7 heteroatoms. The minimum absolute atomic E-state index is 0.185. The normalized spacial score (nSPS) is 18.5. The monoisotopic (exact) mass is 350 g/mol. The average Bonchev–Trinajstić information content (AvgIpc) is 2.80. The maximum Gasteiger partial charge on any atom is 0.287 e. The number of nitrogens with zero attached hydrogens (tertiary/aromatic N) is 1. The number of nitrogens with one attached hydrogen (secondary N) is 1. The first-order chi connectivity index (χ1) is 11.4. The first kappa shape index (κ1) is 16.9. The van der Waals surface area contributed by atoms with Gasteiger partial charge in [0.05, 0.1) is 11.1 Å². The van der Waals surface area contributed by atoms with Crippen LogP contribution < -0.4 is 0 Å². The summed E-state index contributed by atoms with van der Waals surface area (Å²) in [5.74, 6) is -0.0626. The standard InChI is InChI=1S/C17H19FN2O3S/c18-14-6-3-4-12(11-14)10-13-5-1-2-7-15-16(19-20-17(13)15)8-9-24(21,22)23/h3-4,6,8-9,11,13H,1-2,5,7,10H2,(H,19,20)(H,21,22,23)/t13-/m1/s1. The summed E-state index contributed by atoms with van der Waals surface area (Å²) in [5.41, 5.74) is 3.42. The quantitative estimate of drug-likeness (QED) is 0.653. The van der Waals surface area contributed by atoms with Gasteiger partial charge in [0, 0.05) is 17.2 Å². The molecule has 0 aliphatic heterocycles. The predicted octanol–water partition coefficient (Wildman–Crippen LogP) is 3.46. The van der Waals surface area contributed by atoms with Crippen LogP contribution in [0.15, 0.2) is 29.7 Å². The van der Waals surface area contributed by atoms with Crippen LogP contribution in [0.25, 0.3) is 6.08 Å². The van der Waals surface area contributed by atoms with Gasteiger partial charge in [-0.1, -0.05) is 18.6 Å². The topological polar surface area (TPSA) is 83.1 Å². The Balaban J connectivity index is 1.90. The third-order valence-electron chi connectivity index (χ3n) is 4.34. The highest BCUT2D eigenvalue weighted by atomic mass is 32.2. The fourth-order valence-corrected chi connectivity index (χ4v) is 3.57. The molecule has 0 saturated heterocycles. The minimum atomic E-state index is -4.18. The third kappa shape index (κ3) is 4.10. The zero-order valence-electron chi connectivity index (χ0n) is 13.1. The number of fused-ring (bicyclic) bond motifs is 1. The molecule has 2 aromatic rings. The lowest BCUT2D eigenvalue weighted by atomic mass is 9.91. The van der Waals surface area contributed by atoms with E-state index in [9.17, 15) is 12.8 Å². The summed E-state index contributed by atoms with van der Waals surface area (Å²) in [6.07, 6.45) is 5.82. The Bertz CT molecular complexity index is 858. The van der Waals surface area contributed by atoms with Crippen molar-refractivity contribution in [2.24, 2.45) is 0 Å². The van der Waals surface area contributed by atoms with Crippen LogP contribution in [-0.4, -0.2) is 23.2 Å². The second kappa shape index (κ2) is 6.86. The molecule has 0 fully saturated rings. The van der Waals surface area contributed by atoms with E-state index in [2.05, 4.69) is 10.2 Å². The Hall–Kier alpha value is -1.99. The number of aromatic amines is 1. The van der Waals surface area contributed by atoms with Crippen molar-refractivity contribution in [3.8, 4) is 0 Å². The molecule has 2 N–H and O–H groups in total. The summed E-state index contributed by atoms with van der Waals surface area (Å²) in [6, 6.07) is 6.58. The zero-order valence-corrected chi connectivity index (χ0v) is 13.9. The lowest BCUT2D eigenvalue weighted by molar-refractivity contribution is 0.494. The van der Waals surface area contributed by atoms with Gasteiger partial charge in [0.25, 0.3) is 10.1 Å². The van der Waals surface area contributed by atoms with Gasteiger partial charge >= 0.3 is 0 Å². The lowest BCUT2D eigenvalue weighted by Crippen LogP contribution is -2.04. The van der Waals surface area contributed by atoms with E-state index >= 15 is 0 Å². The average molecular weight is 350 g/mol. The summed E-state index contributed by atoms with van der Waals surface area (Å²) in [6.45, 7) is 0. The molecular weight excluding hydrogens is 331 g/mol. The van der Waals surface area contributed by atoms with E-state index in [-0.39, 0.29) is 11.7 Å². The van der Waals surface area contributed by atoms with Gasteiger partial charge in [0.15, 0.2) is 0 Å². The number of rotatable bonds is 4. The number of halogens is 1. The van der Waals surface area contributed by atoms with Gasteiger partial charge < -0.3 is 0 Å². The molecule has 1 heterocycles. The van der Waals surface area contributed by atoms with E-state index in [0.717, 1.165) is 47.9 Å². The van der Waals surface area contributed by atoms with Crippen LogP contribution in [0.1, 0.15) is 47.7 Å². The summed E-state index contributed by atoms with van der Waals surface area (Å²) >= 11 is 0. The molecule has 5 nitrogen and oxygen atoms in total. The van der Waals surface area contributed by atoms with Crippen LogP contribution in [0.5, 0.6) is 0 Å². The van der Waals surface area contributed by atoms with Crippen LogP contribution >= 0.6 is 0 Å². The van der Waals surface area contributed by atoms with Gasteiger partial charge in [0.1, 0.15) is 5.82 Å². The first-order valence-electron chi connectivity index (χ1n) is 7.89. The fourth-order valence-electron chi connectivity index (χ4n) is 3.27. The summed E-state index contributed by atoms with van der Waals surface area (Å²) in [5, 5.41) is 7.95. The van der Waals surface area contributed by atoms with Gasteiger partial charge in [-0.15, -0.1) is 0 Å². The van der Waals surface area contributed by atoms with Gasteiger partial charge in [-0.25, -0.2) is 4.39 Å². The molecule has 1 aliphatic carbocycles. The molecular formula is C17H19FN2O3S. The Morgan fingerprint density at radius 3 is 2.96 bits per heavy atom. The lowest BCUT2D eigenvalue weighted by Gasteiger charge is -2.14. The number of hydrogen-bond donors (Lipinski definition) is 2. The molecule has 0 radical (unpaired) electrons. The Labute approximate surface area is 140 Å². The van der Waals surface area contributed by atoms with Crippen molar-refractivity contribution in [1.29, 1.82) is 0 Å². The Kier molecular flexibility index (Phi) is 4.82. The van der Waals surface area contributed by atoms with Crippen molar-refractivity contribution in [3.05, 3.63) is 58.0 Å². The molecule has 0 bridgehead atoms. The maximum absolute atomic E-state index is 13.4. The Morgan fingerprint density at radius 2 is 2.21 bits per heavy atom. The van der Waals surface area contributed by atoms with Crippen LogP contribution in [0, 0.1) is 5.82 Å². The molecule has 3 rings (SSSR count). The summed E-state index contributed by atoms with van der Waals surface area (Å²) in [7, 11) is -4.18. The van der Waals surface area contributed by atoms with Gasteiger partial charge in [-0.3, -0.25) is 9.65 Å². The number of benzene rings is 1. The van der Waals surface area contributed by atoms with E-state index in [0.29, 0.717) is 12.1 Å². The van der Waals surface area contributed by atoms with E-state index < -0.39 is 10.1 Å². The molecule has 24 heavy (non-hydrogen) atoms. The molecule has 0 saturated carbocycles. The van der Waals surface area contributed by atoms with Gasteiger partial charge in [-0.2, -0.15) is 13.5 Å². The van der Waals surface area contributed by atoms with Crippen molar-refractivity contribution < 1.29 is 17.4 Å². The molecule has 128 valence electrons. The molecule has 0 spiro atoms. The summed E-state index contributed by atoms with van der Waals surface area (Å²) in [4.78, 5) is 0. The molecule has 1 aliphatic rings. The second-order valence-corrected chi connectivity index (χ2v) is 7.40. The SMILES string of the molecule is O=S(=O)(O)C=Cc1n[nH]c2c1CCCC[C@@H]2Cc1cccc(F)c1. The number of hydrogen-bond acceptors (Lipinski definition) is 3. The van der Waals surface area contributed by atoms with E-state index in [4.69, 9.17) is 4.55 Å². The highest BCUT2D eigenvalue weighted by Crippen LogP contribution is 2.33. The second-order valence-electron chi connectivity index (χ2n) is 6.10. The van der Waals surface area contributed by atoms with Crippen LogP contribution in [0.4, 0.5) is 4.39 Å². The van der Waals surface area contributed by atoms with E-state index in [1.807, 2.05) is 6.07 Å². The predicted molar refractivity (Wildman–Crippen MR) is 89.6 cm³/mol. The molecule has 0 unspecified atom stereocenters. The third-order valence-corrected chi connectivity index (χ3v) is 4.82. The van der Waals surface area contributed by atoms with Crippen molar-refractivity contribution in [3.63, 3.8) is 0 Å². The number of H-pyrrole nitrogens is 1. The van der Waals surface area contributed by atoms with Gasteiger partial charge in [-0.05, 0) is 49.5 Å². The smallest absolute Gasteiger partial charge is 0.282 e. The van der Waals surface area contributed by atoms with Crippen LogP contribution in [0.3, 0.4) is 0 Å². The first-order valence-corrected chi connectivity index (χ1v) is 9.40. The highest BCUT2D eigenvalue weighted by molar-refractivity contribution is 7.88. The van der Waals surface area contributed by atoms with Crippen molar-refractivity contribution in [2.75, 3.05) is 0 Å². The maximum atomic E-state index is 13.4. The largest absolute Gasteiger partial charge is 0.287 e. The van der Waals surface area contributed by atoms with E-state index in [1.165, 1.54) is 12.1 Å². The highest BCUT2D eigenvalue weighted by Gasteiger charge is 2.23. The Morgan fingerprint density at radius 1 is 1.38 bits per heavy atom. The molecule has 1 aromatic carbocycles. The molecule has 0 amide bonds. The summed E-state index contributed by atoms with van der Waals surface area (Å²) < 4.78 is 44.1. The zero-order chi connectivity index (χ0) is 17.2. The van der Waals surface area contributed by atoms with E-state index in [1.54, 1.807) is 12.1 Å². The molecule has 1 atom stereocenters. The fraction of sp³-hybridized carbons (Fsp3) is 0.353. The van der Waals surface area contributed by atoms with Crippen molar-refractivity contribution in [2.45, 2.75) is 38.0 Å². The number of aromatic nitrogens is 2. The van der Waals surface area contributed by atoms with Crippen LogP contribution in [-0.2, 0) is 23.0 Å². The minimum Gasteiger partial charge on any atom is -0.282 e.